The summed E-state index contributed by atoms with van der Waals surface area (Å²) in [6.45, 7) is 0.756. The van der Waals surface area contributed by atoms with E-state index in [0.29, 0.717) is 29.5 Å². The number of aromatic hydroxyl groups is 1. The van der Waals surface area contributed by atoms with Gasteiger partial charge >= 0.3 is 11.9 Å². The van der Waals surface area contributed by atoms with Crippen molar-refractivity contribution in [2.24, 2.45) is 29.4 Å². The molecule has 18 nitrogen and oxygen atoms in total. The molecule has 0 spiro atoms. The van der Waals surface area contributed by atoms with E-state index in [2.05, 4.69) is 5.32 Å². The van der Waals surface area contributed by atoms with Crippen molar-refractivity contribution < 1.29 is 57.3 Å². The number of hydrogen-bond acceptors (Lipinski definition) is 16. The normalized spacial score (nSPS) is 24.4. The number of nitrogens with one attached hydrogen (secondary N) is 1. The first-order chi connectivity index (χ1) is 27.5. The van der Waals surface area contributed by atoms with Crippen LogP contribution in [0.3, 0.4) is 0 Å². The van der Waals surface area contributed by atoms with E-state index in [9.17, 15) is 48.6 Å². The molecule has 5 N–H and O–H groups in total. The molecule has 0 saturated heterocycles. The van der Waals surface area contributed by atoms with E-state index in [-0.39, 0.29) is 48.7 Å². The maximum absolute atomic E-state index is 14.5. The van der Waals surface area contributed by atoms with Crippen molar-refractivity contribution in [2.45, 2.75) is 50.5 Å². The third-order valence-electron chi connectivity index (χ3n) is 11.4. The van der Waals surface area contributed by atoms with E-state index in [1.165, 1.54) is 19.0 Å². The van der Waals surface area contributed by atoms with Gasteiger partial charge < -0.3 is 44.5 Å². The number of ether oxygens (including phenoxy) is 1. The molecule has 5 unspecified atom stereocenters. The van der Waals surface area contributed by atoms with Crippen LogP contribution in [0.5, 0.6) is 5.75 Å². The minimum atomic E-state index is -2.87. The average molecular weight is 804 g/mol. The van der Waals surface area contributed by atoms with Crippen LogP contribution in [-0.4, -0.2) is 120 Å². The fourth-order valence-corrected chi connectivity index (χ4v) is 8.67. The zero-order chi connectivity index (χ0) is 42.4. The van der Waals surface area contributed by atoms with Gasteiger partial charge in [0.05, 0.1) is 29.8 Å². The van der Waals surface area contributed by atoms with Crippen molar-refractivity contribution in [1.82, 2.24) is 9.80 Å². The van der Waals surface area contributed by atoms with Crippen LogP contribution in [0, 0.1) is 23.7 Å². The van der Waals surface area contributed by atoms with Gasteiger partial charge in [0.25, 0.3) is 0 Å². The Bertz CT molecular complexity index is 2230. The number of amides is 2. The molecule has 0 bridgehead atoms. The molecule has 58 heavy (non-hydrogen) atoms. The summed E-state index contributed by atoms with van der Waals surface area (Å²) >= 11 is 0. The zero-order valence-corrected chi connectivity index (χ0v) is 32.6. The number of phenols is 1. The van der Waals surface area contributed by atoms with Gasteiger partial charge in [-0.1, -0.05) is 37.3 Å². The number of carbonyl (C=O) groups is 7. The minimum absolute atomic E-state index is 0.0477. The molecule has 308 valence electrons. The SMILES string of the molecule is CCC(CN(CC=O)C(=O)OCc1oc(=O)oc1-c1ccccc1)Nc1cc(N(C)C)c2c(c1O)C(=O)C1C(=O)[C@]3(O)C(=O)C(C(N)=O)C(=O)[C@@H](N(C)C)C3CC1C2. The van der Waals surface area contributed by atoms with Crippen molar-refractivity contribution in [3.63, 3.8) is 0 Å². The van der Waals surface area contributed by atoms with Crippen LogP contribution in [0.15, 0.2) is 50.0 Å². The number of aldehydes is 1. The number of ketones is 4. The van der Waals surface area contributed by atoms with Crippen LogP contribution in [0.4, 0.5) is 16.2 Å². The van der Waals surface area contributed by atoms with Crippen LogP contribution < -0.4 is 21.8 Å². The summed E-state index contributed by atoms with van der Waals surface area (Å²) in [5.41, 5.74) is 3.80. The molecular weight excluding hydrogens is 758 g/mol. The van der Waals surface area contributed by atoms with Gasteiger partial charge in [-0.05, 0) is 50.9 Å². The molecule has 18 heteroatoms. The van der Waals surface area contributed by atoms with Gasteiger partial charge in [0.15, 0.2) is 52.8 Å². The van der Waals surface area contributed by atoms with Crippen LogP contribution in [-0.2, 0) is 41.7 Å². The second kappa shape index (κ2) is 16.0. The van der Waals surface area contributed by atoms with E-state index in [1.54, 1.807) is 62.3 Å². The number of anilines is 2. The third kappa shape index (κ3) is 7.06. The second-order valence-electron chi connectivity index (χ2n) is 15.3. The number of nitrogens with two attached hydrogens (primary N) is 1. The Hall–Kier alpha value is -6.14. The first kappa shape index (κ1) is 41.5. The second-order valence-corrected chi connectivity index (χ2v) is 15.3. The largest absolute Gasteiger partial charge is 0.519 e. The summed E-state index contributed by atoms with van der Waals surface area (Å²) < 4.78 is 15.7. The standard InChI is InChI=1S/C40H45N5O13/c1-6-21(17-45(12-13-46)38(53)56-18-26-34(58-39(54)57-26)19-10-8-7-9-11-19)42-24-16-25(43(2)3)22-14-20-15-23-30(44(4)5)33(49)29(37(41)52)36(51)40(23,55)35(50)27(20)32(48)28(22)31(24)47/h7-11,13,16,20-21,23,27,29-30,42,47,55H,6,12,14-15,17-18H2,1-5H3,(H2,41,52)/t20?,21?,23?,27?,29?,30-,40-/m0/s1. The third-order valence-corrected chi connectivity index (χ3v) is 11.4. The molecule has 2 fully saturated rings. The summed E-state index contributed by atoms with van der Waals surface area (Å²) in [4.78, 5) is 109. The number of aliphatic hydroxyl groups is 1. The van der Waals surface area contributed by atoms with E-state index < -0.39 is 94.7 Å². The summed E-state index contributed by atoms with van der Waals surface area (Å²) in [6, 6.07) is 8.27. The topological polar surface area (TPSA) is 260 Å². The van der Waals surface area contributed by atoms with Gasteiger partial charge in [0.2, 0.25) is 5.91 Å². The Morgan fingerprint density at radius 3 is 2.36 bits per heavy atom. The van der Waals surface area contributed by atoms with Crippen molar-refractivity contribution in [2.75, 3.05) is 51.5 Å². The molecular formula is C40H45N5O13. The average Bonchev–Trinajstić information content (AvgIpc) is 3.55. The van der Waals surface area contributed by atoms with Crippen LogP contribution in [0.25, 0.3) is 11.3 Å². The molecule has 3 aromatic rings. The fourth-order valence-electron chi connectivity index (χ4n) is 8.67. The molecule has 3 aliphatic carbocycles. The summed E-state index contributed by atoms with van der Waals surface area (Å²) in [5.74, 6) is -12.8. The van der Waals surface area contributed by atoms with E-state index in [0.717, 1.165) is 4.90 Å². The van der Waals surface area contributed by atoms with Gasteiger partial charge in [0.1, 0.15) is 12.0 Å². The monoisotopic (exact) mass is 803 g/mol. The lowest BCUT2D eigenvalue weighted by Crippen LogP contribution is -2.74. The highest BCUT2D eigenvalue weighted by Crippen LogP contribution is 2.53. The molecule has 3 aliphatic rings. The van der Waals surface area contributed by atoms with Crippen molar-refractivity contribution in [1.29, 1.82) is 0 Å². The van der Waals surface area contributed by atoms with Crippen LogP contribution in [0.1, 0.15) is 41.4 Å². The number of carbonyl (C=O) groups excluding carboxylic acids is 7. The molecule has 6 rings (SSSR count). The predicted octanol–water partition coefficient (Wildman–Crippen LogP) is 1.17. The zero-order valence-electron chi connectivity index (χ0n) is 32.6. The lowest BCUT2D eigenvalue weighted by molar-refractivity contribution is -0.181. The summed E-state index contributed by atoms with van der Waals surface area (Å²) in [6.07, 6.45) is -0.146. The number of phenolic OH excluding ortho intramolecular Hbond substituents is 1. The number of primary amides is 1. The first-order valence-corrected chi connectivity index (χ1v) is 18.7. The van der Waals surface area contributed by atoms with Gasteiger partial charge in [-0.3, -0.25) is 33.8 Å². The molecule has 1 aromatic heterocycles. The van der Waals surface area contributed by atoms with E-state index in [4.69, 9.17) is 19.3 Å². The fraction of sp³-hybridized carbons (Fsp3) is 0.450. The first-order valence-electron chi connectivity index (χ1n) is 18.7. The highest BCUT2D eigenvalue weighted by Gasteiger charge is 2.69. The highest BCUT2D eigenvalue weighted by atomic mass is 16.6. The molecule has 0 aliphatic heterocycles. The molecule has 2 aromatic carbocycles. The lowest BCUT2D eigenvalue weighted by Gasteiger charge is -2.52. The highest BCUT2D eigenvalue weighted by molar-refractivity contribution is 6.32. The smallest absolute Gasteiger partial charge is 0.505 e. The van der Waals surface area contributed by atoms with Gasteiger partial charge in [-0.15, -0.1) is 0 Å². The minimum Gasteiger partial charge on any atom is -0.505 e. The number of nitrogens with zero attached hydrogens (tertiary/aromatic N) is 3. The predicted molar refractivity (Wildman–Crippen MR) is 204 cm³/mol. The summed E-state index contributed by atoms with van der Waals surface area (Å²) in [5, 5.41) is 26.8. The van der Waals surface area contributed by atoms with Crippen molar-refractivity contribution in [3.8, 4) is 17.1 Å². The quantitative estimate of drug-likeness (QED) is 0.107. The van der Waals surface area contributed by atoms with Gasteiger partial charge in [-0.25, -0.2) is 9.59 Å². The molecule has 0 radical (unpaired) electrons. The number of hydrogen-bond donors (Lipinski definition) is 4. The van der Waals surface area contributed by atoms with Crippen LogP contribution in [0.2, 0.25) is 0 Å². The molecule has 7 atom stereocenters. The molecule has 2 amide bonds. The molecule has 1 heterocycles. The van der Waals surface area contributed by atoms with Gasteiger partial charge in [-0.2, -0.15) is 0 Å². The Balaban J connectivity index is 1.28. The number of Topliss-reactive ketones (excluding diaryl/α,β-unsaturated/α-hetero) is 4. The Morgan fingerprint density at radius 2 is 1.76 bits per heavy atom. The maximum atomic E-state index is 14.5. The molecule has 2 saturated carbocycles. The number of fused-ring (bicyclic) bond motifs is 3. The lowest BCUT2D eigenvalue weighted by atomic mass is 9.52. The summed E-state index contributed by atoms with van der Waals surface area (Å²) in [7, 11) is 6.46. The Kier molecular flexibility index (Phi) is 11.5. The van der Waals surface area contributed by atoms with Crippen molar-refractivity contribution in [3.05, 3.63) is 63.9 Å². The number of rotatable bonds is 13. The Morgan fingerprint density at radius 1 is 1.07 bits per heavy atom. The van der Waals surface area contributed by atoms with Crippen molar-refractivity contribution >= 4 is 52.8 Å². The number of benzene rings is 2. The van der Waals surface area contributed by atoms with Gasteiger partial charge in [0, 0.05) is 43.9 Å². The maximum Gasteiger partial charge on any atom is 0.519 e. The van der Waals surface area contributed by atoms with E-state index in [1.807, 2.05) is 0 Å². The number of likely N-dealkylation sites (N-methyl/N-ethyl adjacent to an activating group) is 1. The van der Waals surface area contributed by atoms with Crippen LogP contribution >= 0.6 is 0 Å². The Labute approximate surface area is 331 Å². The van der Waals surface area contributed by atoms with E-state index >= 15 is 0 Å².